The first-order chi connectivity index (χ1) is 9.72. The highest BCUT2D eigenvalue weighted by atomic mass is 32.1. The van der Waals surface area contributed by atoms with Gasteiger partial charge in [-0.3, -0.25) is 9.89 Å². The Hall–Kier alpha value is -2.61. The third-order valence-corrected chi connectivity index (χ3v) is 3.52. The van der Waals surface area contributed by atoms with Gasteiger partial charge in [-0.15, -0.1) is 11.3 Å². The van der Waals surface area contributed by atoms with E-state index in [4.69, 9.17) is 0 Å². The number of hydrogen-bond acceptors (Lipinski definition) is 6. The second-order valence-corrected chi connectivity index (χ2v) is 5.01. The van der Waals surface area contributed by atoms with Crippen molar-refractivity contribution in [1.29, 1.82) is 0 Å². The van der Waals surface area contributed by atoms with E-state index in [2.05, 4.69) is 30.5 Å². The van der Waals surface area contributed by atoms with Gasteiger partial charge in [-0.1, -0.05) is 0 Å². The van der Waals surface area contributed by atoms with Crippen molar-refractivity contribution in [3.63, 3.8) is 0 Å². The first-order valence-corrected chi connectivity index (χ1v) is 6.59. The molecule has 100 valence electrons. The first-order valence-electron chi connectivity index (χ1n) is 5.78. The maximum atomic E-state index is 11.0. The molecule has 3 aromatic rings. The molecule has 0 fully saturated rings. The normalized spacial score (nSPS) is 10.4. The molecule has 0 bridgehead atoms. The molecule has 3 heterocycles. The minimum Gasteiger partial charge on any atom is -0.311 e. The number of nitrogens with one attached hydrogen (secondary N) is 2. The van der Waals surface area contributed by atoms with E-state index in [1.54, 1.807) is 18.5 Å². The second-order valence-electron chi connectivity index (χ2n) is 3.97. The van der Waals surface area contributed by atoms with Gasteiger partial charge in [0.15, 0.2) is 5.82 Å². The van der Waals surface area contributed by atoms with Crippen molar-refractivity contribution in [2.24, 2.45) is 0 Å². The largest absolute Gasteiger partial charge is 0.311 e. The van der Waals surface area contributed by atoms with Gasteiger partial charge in [0.25, 0.3) is 0 Å². The van der Waals surface area contributed by atoms with Crippen LogP contribution in [0, 0.1) is 0 Å². The average Bonchev–Trinajstić information content (AvgIpc) is 3.09. The van der Waals surface area contributed by atoms with Gasteiger partial charge in [-0.05, 0) is 12.1 Å². The molecular weight excluding hydrogens is 276 g/mol. The minimum atomic E-state index is -0.156. The molecule has 0 aromatic carbocycles. The molecule has 0 saturated carbocycles. The molecule has 0 radical (unpaired) electrons. The van der Waals surface area contributed by atoms with Gasteiger partial charge in [0.2, 0.25) is 5.91 Å². The van der Waals surface area contributed by atoms with Crippen LogP contribution in [0.5, 0.6) is 0 Å². The Morgan fingerprint density at radius 2 is 2.25 bits per heavy atom. The van der Waals surface area contributed by atoms with E-state index in [0.29, 0.717) is 11.6 Å². The fourth-order valence-corrected chi connectivity index (χ4v) is 2.51. The summed E-state index contributed by atoms with van der Waals surface area (Å²) in [6, 6.07) is 3.62. The van der Waals surface area contributed by atoms with Crippen LogP contribution in [-0.2, 0) is 4.79 Å². The van der Waals surface area contributed by atoms with Crippen LogP contribution >= 0.6 is 11.3 Å². The van der Waals surface area contributed by atoms with Crippen LogP contribution in [0.2, 0.25) is 0 Å². The van der Waals surface area contributed by atoms with Gasteiger partial charge in [0.1, 0.15) is 17.2 Å². The Morgan fingerprint density at radius 3 is 3.00 bits per heavy atom. The molecule has 2 N–H and O–H groups in total. The van der Waals surface area contributed by atoms with Crippen LogP contribution in [-0.4, -0.2) is 31.1 Å². The minimum absolute atomic E-state index is 0.156. The van der Waals surface area contributed by atoms with E-state index in [1.165, 1.54) is 24.6 Å². The van der Waals surface area contributed by atoms with E-state index in [1.807, 2.05) is 6.07 Å². The predicted molar refractivity (Wildman–Crippen MR) is 75.0 cm³/mol. The third kappa shape index (κ3) is 2.54. The van der Waals surface area contributed by atoms with Gasteiger partial charge in [-0.2, -0.15) is 5.10 Å². The number of amides is 1. The number of nitrogens with zero attached hydrogens (tertiary/aromatic N) is 4. The molecule has 0 spiro atoms. The van der Waals surface area contributed by atoms with Crippen molar-refractivity contribution in [2.75, 3.05) is 5.32 Å². The van der Waals surface area contributed by atoms with Gasteiger partial charge in [0.05, 0.1) is 4.88 Å². The SMILES string of the molecule is CC(=O)Nc1cc(-c2ncc(-c3ncn[nH]3)s2)ccn1. The van der Waals surface area contributed by atoms with Crippen LogP contribution in [0.4, 0.5) is 5.82 Å². The fraction of sp³-hybridized carbons (Fsp3) is 0.0833. The number of rotatable bonds is 3. The number of thiazole rings is 1. The lowest BCUT2D eigenvalue weighted by molar-refractivity contribution is -0.114. The zero-order valence-corrected chi connectivity index (χ0v) is 11.3. The lowest BCUT2D eigenvalue weighted by atomic mass is 10.3. The molecule has 1 amide bonds. The Balaban J connectivity index is 1.91. The molecule has 20 heavy (non-hydrogen) atoms. The highest BCUT2D eigenvalue weighted by molar-refractivity contribution is 7.18. The second kappa shape index (κ2) is 5.17. The number of aromatic nitrogens is 5. The summed E-state index contributed by atoms with van der Waals surface area (Å²) in [5.41, 5.74) is 0.888. The molecule has 8 heteroatoms. The molecule has 0 saturated heterocycles. The van der Waals surface area contributed by atoms with Crippen molar-refractivity contribution in [3.8, 4) is 21.3 Å². The van der Waals surface area contributed by atoms with E-state index in [9.17, 15) is 4.79 Å². The number of carbonyl (C=O) groups is 1. The predicted octanol–water partition coefficient (Wildman–Crippen LogP) is 1.95. The summed E-state index contributed by atoms with van der Waals surface area (Å²) in [5, 5.41) is 10.1. The zero-order valence-electron chi connectivity index (χ0n) is 10.5. The fourth-order valence-electron chi connectivity index (χ4n) is 1.65. The lowest BCUT2D eigenvalue weighted by Gasteiger charge is -2.02. The molecule has 3 rings (SSSR count). The van der Waals surface area contributed by atoms with Crippen molar-refractivity contribution in [3.05, 3.63) is 30.9 Å². The van der Waals surface area contributed by atoms with Crippen LogP contribution in [0.15, 0.2) is 30.9 Å². The highest BCUT2D eigenvalue weighted by Crippen LogP contribution is 2.30. The number of carbonyl (C=O) groups excluding carboxylic acids is 1. The number of aromatic amines is 1. The van der Waals surface area contributed by atoms with E-state index < -0.39 is 0 Å². The van der Waals surface area contributed by atoms with Crippen molar-refractivity contribution in [1.82, 2.24) is 25.1 Å². The van der Waals surface area contributed by atoms with Gasteiger partial charge in [-0.25, -0.2) is 15.0 Å². The third-order valence-electron chi connectivity index (χ3n) is 2.47. The summed E-state index contributed by atoms with van der Waals surface area (Å²) in [4.78, 5) is 24.5. The number of anilines is 1. The van der Waals surface area contributed by atoms with E-state index in [-0.39, 0.29) is 5.91 Å². The maximum Gasteiger partial charge on any atom is 0.222 e. The average molecular weight is 286 g/mol. The Kier molecular flexibility index (Phi) is 3.21. The number of H-pyrrole nitrogens is 1. The quantitative estimate of drug-likeness (QED) is 0.767. The standard InChI is InChI=1S/C12H10N6OS/c1-7(19)17-10-4-8(2-3-13-10)12-14-5-9(20-12)11-15-6-16-18-11/h2-6H,1H3,(H,13,17,19)(H,15,16,18). The first kappa shape index (κ1) is 12.4. The van der Waals surface area contributed by atoms with Crippen molar-refractivity contribution in [2.45, 2.75) is 6.92 Å². The van der Waals surface area contributed by atoms with Crippen LogP contribution in [0.1, 0.15) is 6.92 Å². The summed E-state index contributed by atoms with van der Waals surface area (Å²) < 4.78 is 0. The van der Waals surface area contributed by atoms with Crippen LogP contribution in [0.3, 0.4) is 0 Å². The van der Waals surface area contributed by atoms with Gasteiger partial charge < -0.3 is 5.32 Å². The van der Waals surface area contributed by atoms with E-state index >= 15 is 0 Å². The topological polar surface area (TPSA) is 96.5 Å². The Labute approximate surface area is 118 Å². The summed E-state index contributed by atoms with van der Waals surface area (Å²) >= 11 is 1.49. The molecule has 0 atom stereocenters. The smallest absolute Gasteiger partial charge is 0.222 e. The Bertz CT molecular complexity index is 736. The van der Waals surface area contributed by atoms with Gasteiger partial charge in [0, 0.05) is 24.9 Å². The molecule has 0 aliphatic carbocycles. The highest BCUT2D eigenvalue weighted by Gasteiger charge is 2.09. The van der Waals surface area contributed by atoms with E-state index in [0.717, 1.165) is 15.4 Å². The Morgan fingerprint density at radius 1 is 1.35 bits per heavy atom. The number of hydrogen-bond donors (Lipinski definition) is 2. The van der Waals surface area contributed by atoms with Crippen LogP contribution < -0.4 is 5.32 Å². The summed E-state index contributed by atoms with van der Waals surface area (Å²) in [6.45, 7) is 1.44. The molecule has 3 aromatic heterocycles. The zero-order chi connectivity index (χ0) is 13.9. The number of pyridine rings is 1. The summed E-state index contributed by atoms with van der Waals surface area (Å²) in [7, 11) is 0. The van der Waals surface area contributed by atoms with Crippen LogP contribution in [0.25, 0.3) is 21.3 Å². The molecule has 0 aliphatic rings. The summed E-state index contributed by atoms with van der Waals surface area (Å²) in [6.07, 6.45) is 4.82. The van der Waals surface area contributed by atoms with Crippen molar-refractivity contribution < 1.29 is 4.79 Å². The van der Waals surface area contributed by atoms with Gasteiger partial charge >= 0.3 is 0 Å². The molecular formula is C12H10N6OS. The van der Waals surface area contributed by atoms with Crippen molar-refractivity contribution >= 4 is 23.1 Å². The monoisotopic (exact) mass is 286 g/mol. The summed E-state index contributed by atoms with van der Waals surface area (Å²) in [5.74, 6) is 1.03. The lowest BCUT2D eigenvalue weighted by Crippen LogP contribution is -2.07. The maximum absolute atomic E-state index is 11.0. The molecule has 0 aliphatic heterocycles. The molecule has 7 nitrogen and oxygen atoms in total. The molecule has 0 unspecified atom stereocenters.